The van der Waals surface area contributed by atoms with Gasteiger partial charge in [-0.3, -0.25) is 0 Å². The normalized spacial score (nSPS) is 23.3. The van der Waals surface area contributed by atoms with Crippen LogP contribution in [0, 0.1) is 11.7 Å². The minimum Gasteiger partial charge on any atom is -0.335 e. The predicted octanol–water partition coefficient (Wildman–Crippen LogP) is 2.92. The molecule has 2 rings (SSSR count). The molecule has 1 aromatic rings. The first-order valence-corrected chi connectivity index (χ1v) is 6.19. The van der Waals surface area contributed by atoms with E-state index in [9.17, 15) is 0 Å². The number of nitrogens with zero attached hydrogens (tertiary/aromatic N) is 1. The van der Waals surface area contributed by atoms with Crippen molar-refractivity contribution in [2.24, 2.45) is 0 Å². The van der Waals surface area contributed by atoms with E-state index in [1.165, 1.54) is 30.0 Å². The molecule has 0 radical (unpaired) electrons. The van der Waals surface area contributed by atoms with Crippen molar-refractivity contribution in [3.05, 3.63) is 16.7 Å². The largest absolute Gasteiger partial charge is 0.335 e. The minimum atomic E-state index is 0.621. The monoisotopic (exact) mass is 214 g/mol. The maximum absolute atomic E-state index is 5.25. The summed E-state index contributed by atoms with van der Waals surface area (Å²) in [5.74, 6) is 2.53. The van der Waals surface area contributed by atoms with Crippen molar-refractivity contribution in [3.8, 4) is 0 Å². The number of hydrogen-bond acceptors (Lipinski definition) is 2. The van der Waals surface area contributed by atoms with E-state index in [-0.39, 0.29) is 0 Å². The zero-order chi connectivity index (χ0) is 9.26. The molecule has 1 fully saturated rings. The molecule has 0 aromatic carbocycles. The molecule has 1 aliphatic heterocycles. The van der Waals surface area contributed by atoms with E-state index in [0.29, 0.717) is 6.04 Å². The minimum absolute atomic E-state index is 0.621. The molecule has 1 unspecified atom stereocenters. The zero-order valence-corrected chi connectivity index (χ0v) is 9.38. The number of aryl methyl sites for hydroxylation is 1. The van der Waals surface area contributed by atoms with E-state index in [1.54, 1.807) is 0 Å². The van der Waals surface area contributed by atoms with Gasteiger partial charge in [-0.15, -0.1) is 0 Å². The molecule has 1 N–H and O–H groups in total. The van der Waals surface area contributed by atoms with Gasteiger partial charge in [0.1, 0.15) is 0 Å². The summed E-state index contributed by atoms with van der Waals surface area (Å²) in [5, 5.41) is 0. The Morgan fingerprint density at radius 2 is 2.54 bits per heavy atom. The molecule has 0 spiro atoms. The number of imidazole rings is 1. The molecule has 0 saturated carbocycles. The highest BCUT2D eigenvalue weighted by Gasteiger charge is 2.15. The summed E-state index contributed by atoms with van der Waals surface area (Å²) in [4.78, 5) is 3.17. The first-order chi connectivity index (χ1) is 6.27. The van der Waals surface area contributed by atoms with Crippen molar-refractivity contribution in [1.82, 2.24) is 9.55 Å². The van der Waals surface area contributed by atoms with Crippen LogP contribution in [-0.4, -0.2) is 21.1 Å². The molecule has 1 atom stereocenters. The van der Waals surface area contributed by atoms with Crippen molar-refractivity contribution in [2.45, 2.75) is 25.8 Å². The highest BCUT2D eigenvalue weighted by molar-refractivity contribution is 7.99. The van der Waals surface area contributed by atoms with E-state index in [2.05, 4.69) is 22.7 Å². The summed E-state index contributed by atoms with van der Waals surface area (Å²) in [6, 6.07) is 0.621. The van der Waals surface area contributed by atoms with Crippen LogP contribution in [0.4, 0.5) is 0 Å². The molecule has 2 nitrogen and oxygen atoms in total. The molecule has 72 valence electrons. The molecule has 1 aromatic heterocycles. The van der Waals surface area contributed by atoms with Gasteiger partial charge in [-0.2, -0.15) is 11.8 Å². The second kappa shape index (κ2) is 3.88. The lowest BCUT2D eigenvalue weighted by molar-refractivity contribution is 0.494. The molecular weight excluding hydrogens is 200 g/mol. The molecule has 0 aliphatic carbocycles. The molecule has 2 heterocycles. The Kier molecular flexibility index (Phi) is 2.79. The number of nitrogens with one attached hydrogen (secondary N) is 1. The average Bonchev–Trinajstić information content (AvgIpc) is 2.47. The van der Waals surface area contributed by atoms with Crippen LogP contribution in [0.1, 0.15) is 24.6 Å². The van der Waals surface area contributed by atoms with E-state index < -0.39 is 0 Å². The zero-order valence-electron chi connectivity index (χ0n) is 7.75. The molecule has 13 heavy (non-hydrogen) atoms. The van der Waals surface area contributed by atoms with E-state index in [4.69, 9.17) is 12.2 Å². The van der Waals surface area contributed by atoms with E-state index in [1.807, 2.05) is 11.8 Å². The van der Waals surface area contributed by atoms with Crippen molar-refractivity contribution >= 4 is 24.0 Å². The standard InChI is InChI=1S/C9H14N2S2/c1-7-5-11(9(12)10-7)8-3-2-4-13-6-8/h5,8H,2-4,6H2,1H3,(H,10,12). The Bertz CT molecular complexity index is 334. The van der Waals surface area contributed by atoms with Crippen LogP contribution >= 0.6 is 24.0 Å². The summed E-state index contributed by atoms with van der Waals surface area (Å²) in [6.45, 7) is 2.06. The highest BCUT2D eigenvalue weighted by atomic mass is 32.2. The summed E-state index contributed by atoms with van der Waals surface area (Å²) < 4.78 is 3.10. The van der Waals surface area contributed by atoms with Crippen molar-refractivity contribution < 1.29 is 0 Å². The van der Waals surface area contributed by atoms with Gasteiger partial charge >= 0.3 is 0 Å². The third-order valence-electron chi connectivity index (χ3n) is 2.40. The van der Waals surface area contributed by atoms with Crippen LogP contribution in [0.25, 0.3) is 0 Å². The van der Waals surface area contributed by atoms with Gasteiger partial charge in [0, 0.05) is 23.7 Å². The Morgan fingerprint density at radius 1 is 1.69 bits per heavy atom. The van der Waals surface area contributed by atoms with Gasteiger partial charge in [-0.05, 0) is 37.7 Å². The number of hydrogen-bond donors (Lipinski definition) is 1. The number of rotatable bonds is 1. The quantitative estimate of drug-likeness (QED) is 0.726. The van der Waals surface area contributed by atoms with Gasteiger partial charge in [0.2, 0.25) is 0 Å². The highest BCUT2D eigenvalue weighted by Crippen LogP contribution is 2.27. The smallest absolute Gasteiger partial charge is 0.177 e. The first-order valence-electron chi connectivity index (χ1n) is 4.63. The van der Waals surface area contributed by atoms with Gasteiger partial charge in [0.25, 0.3) is 0 Å². The van der Waals surface area contributed by atoms with Gasteiger partial charge < -0.3 is 9.55 Å². The molecule has 1 saturated heterocycles. The van der Waals surface area contributed by atoms with Gasteiger partial charge in [0.05, 0.1) is 0 Å². The second-order valence-electron chi connectivity index (χ2n) is 3.52. The number of thioether (sulfide) groups is 1. The van der Waals surface area contributed by atoms with Crippen molar-refractivity contribution in [1.29, 1.82) is 0 Å². The Hall–Kier alpha value is -0.220. The van der Waals surface area contributed by atoms with Gasteiger partial charge in [-0.1, -0.05) is 0 Å². The molecule has 1 aliphatic rings. The lowest BCUT2D eigenvalue weighted by Crippen LogP contribution is -2.15. The summed E-state index contributed by atoms with van der Waals surface area (Å²) in [7, 11) is 0. The van der Waals surface area contributed by atoms with Crippen LogP contribution in [0.3, 0.4) is 0 Å². The van der Waals surface area contributed by atoms with E-state index in [0.717, 1.165) is 4.77 Å². The predicted molar refractivity (Wildman–Crippen MR) is 59.9 cm³/mol. The SMILES string of the molecule is Cc1cn(C2CCCSC2)c(=S)[nH]1. The molecule has 0 amide bonds. The number of aromatic nitrogens is 2. The van der Waals surface area contributed by atoms with Crippen LogP contribution in [0.15, 0.2) is 6.20 Å². The first kappa shape index (κ1) is 9.34. The summed E-state index contributed by atoms with van der Waals surface area (Å²) in [6.07, 6.45) is 4.73. The Labute approximate surface area is 87.7 Å². The fourth-order valence-corrected chi connectivity index (χ4v) is 3.25. The fourth-order valence-electron chi connectivity index (χ4n) is 1.75. The van der Waals surface area contributed by atoms with Crippen LogP contribution in [-0.2, 0) is 0 Å². The average molecular weight is 214 g/mol. The maximum atomic E-state index is 5.25. The summed E-state index contributed by atoms with van der Waals surface area (Å²) >= 11 is 7.29. The van der Waals surface area contributed by atoms with E-state index >= 15 is 0 Å². The van der Waals surface area contributed by atoms with Gasteiger partial charge in [0.15, 0.2) is 4.77 Å². The third kappa shape index (κ3) is 1.99. The fraction of sp³-hybridized carbons (Fsp3) is 0.667. The summed E-state index contributed by atoms with van der Waals surface area (Å²) in [5.41, 5.74) is 1.17. The van der Waals surface area contributed by atoms with Gasteiger partial charge in [-0.25, -0.2) is 0 Å². The second-order valence-corrected chi connectivity index (χ2v) is 5.06. The Morgan fingerprint density at radius 3 is 3.08 bits per heavy atom. The van der Waals surface area contributed by atoms with Crippen molar-refractivity contribution in [2.75, 3.05) is 11.5 Å². The lowest BCUT2D eigenvalue weighted by atomic mass is 10.2. The van der Waals surface area contributed by atoms with Crippen molar-refractivity contribution in [3.63, 3.8) is 0 Å². The number of aromatic amines is 1. The maximum Gasteiger partial charge on any atom is 0.177 e. The lowest BCUT2D eigenvalue weighted by Gasteiger charge is -2.22. The Balaban J connectivity index is 2.23. The molecule has 4 heteroatoms. The molecular formula is C9H14N2S2. The number of H-pyrrole nitrogens is 1. The topological polar surface area (TPSA) is 20.7 Å². The molecule has 0 bridgehead atoms. The van der Waals surface area contributed by atoms with Crippen LogP contribution in [0.5, 0.6) is 0 Å². The van der Waals surface area contributed by atoms with Crippen LogP contribution < -0.4 is 0 Å². The third-order valence-corrected chi connectivity index (χ3v) is 3.91. The van der Waals surface area contributed by atoms with Crippen LogP contribution in [0.2, 0.25) is 0 Å².